The van der Waals surface area contributed by atoms with Crippen LogP contribution in [0.4, 0.5) is 0 Å². The molecule has 72 heavy (non-hydrogen) atoms. The molecule has 1 aliphatic carbocycles. The fourth-order valence-electron chi connectivity index (χ4n) is 12.0. The van der Waals surface area contributed by atoms with Gasteiger partial charge in [-0.3, -0.25) is 24.1 Å². The Kier molecular flexibility index (Phi) is 15.6. The summed E-state index contributed by atoms with van der Waals surface area (Å²) in [5.74, 6) is -0.462. The summed E-state index contributed by atoms with van der Waals surface area (Å²) in [6.45, 7) is 20.8. The maximum absolute atomic E-state index is 14.4. The van der Waals surface area contributed by atoms with E-state index in [4.69, 9.17) is 16.3 Å². The second-order valence-corrected chi connectivity index (χ2v) is 24.1. The summed E-state index contributed by atoms with van der Waals surface area (Å²) in [5, 5.41) is 29.8. The Morgan fingerprint density at radius 1 is 0.958 bits per heavy atom. The SMILES string of the molecule is Cc1ncsc1-c1ccc([C@H](C)NC(=O)[C@@H]2C[C@@H](O)CN2C(=O)[C@@H](NC(=O)CN2C3CCC2CN(CCCc2ccc(C(=O)N[C@H]4C(C)(C)[C@H](Oc5ccc(C#N)c(Cl)c5)C4(C)C)cc2)C3)C(C)(C)C)cc1. The van der Waals surface area contributed by atoms with Crippen LogP contribution in [0.15, 0.2) is 72.2 Å². The van der Waals surface area contributed by atoms with E-state index in [0.717, 1.165) is 67.0 Å². The first-order chi connectivity index (χ1) is 34.0. The van der Waals surface area contributed by atoms with Crippen molar-refractivity contribution < 1.29 is 29.0 Å². The second kappa shape index (κ2) is 21.2. The Morgan fingerprint density at radius 2 is 1.62 bits per heavy atom. The number of benzene rings is 3. The smallest absolute Gasteiger partial charge is 0.251 e. The van der Waals surface area contributed by atoms with Crippen molar-refractivity contribution in [3.63, 3.8) is 0 Å². The number of rotatable bonds is 16. The van der Waals surface area contributed by atoms with Crippen LogP contribution in [0.25, 0.3) is 10.4 Å². The largest absolute Gasteiger partial charge is 0.489 e. The lowest BCUT2D eigenvalue weighted by molar-refractivity contribution is -0.164. The van der Waals surface area contributed by atoms with E-state index >= 15 is 0 Å². The van der Waals surface area contributed by atoms with Crippen molar-refractivity contribution >= 4 is 46.6 Å². The van der Waals surface area contributed by atoms with Crippen LogP contribution in [-0.2, 0) is 20.8 Å². The van der Waals surface area contributed by atoms with E-state index in [1.807, 2.05) is 88.7 Å². The zero-order valence-electron chi connectivity index (χ0n) is 43.1. The van der Waals surface area contributed by atoms with Gasteiger partial charge in [-0.2, -0.15) is 5.26 Å². The molecule has 4 aromatic rings. The molecule has 2 unspecified atom stereocenters. The molecule has 14 nitrogen and oxygen atoms in total. The first kappa shape index (κ1) is 52.9. The van der Waals surface area contributed by atoms with E-state index in [-0.39, 0.29) is 84.2 Å². The quantitative estimate of drug-likeness (QED) is 0.0869. The Balaban J connectivity index is 0.790. The number of hydrogen-bond acceptors (Lipinski definition) is 11. The summed E-state index contributed by atoms with van der Waals surface area (Å²) in [6.07, 6.45) is 2.92. The molecule has 4 N–H and O–H groups in total. The highest BCUT2D eigenvalue weighted by molar-refractivity contribution is 7.13. The number of thiazole rings is 1. The minimum atomic E-state index is -0.897. The molecule has 0 spiro atoms. The Labute approximate surface area is 433 Å². The van der Waals surface area contributed by atoms with Crippen LogP contribution in [0, 0.1) is 34.5 Å². The standard InChI is InChI=1S/C56H71ClN8O6S/c1-33(36-16-18-37(19-17-36)47-34(2)59-32-72-47)60-50(69)45-25-42(66)30-65(45)51(70)48(54(3,4)5)61-46(67)31-64-40-21-22-41(64)29-63(28-40)24-10-11-35-12-14-38(15-13-35)49(68)62-52-55(6,7)53(56(52,8)9)71-43-23-20-39(27-58)44(57)26-43/h12-20,23,26,32-33,40-42,45,48,52-53,66H,10-11,21-22,24-25,28-31H2,1-9H3,(H,60,69)(H,61,67)(H,62,68)/t33-,40?,41?,42+,45-,48+,52-,53-/m0/s1. The summed E-state index contributed by atoms with van der Waals surface area (Å²) >= 11 is 7.86. The number of β-amino-alcohol motifs (C(OH)–C–C–N with tert-alkyl or cyclic N) is 1. The predicted molar refractivity (Wildman–Crippen MR) is 280 cm³/mol. The van der Waals surface area contributed by atoms with Gasteiger partial charge < -0.3 is 35.6 Å². The number of aryl methyl sites for hydroxylation is 2. The van der Waals surface area contributed by atoms with E-state index in [1.54, 1.807) is 29.5 Å². The van der Waals surface area contributed by atoms with Crippen molar-refractivity contribution in [3.8, 4) is 22.3 Å². The number of aliphatic hydroxyl groups excluding tert-OH is 1. The Morgan fingerprint density at radius 3 is 2.22 bits per heavy atom. The summed E-state index contributed by atoms with van der Waals surface area (Å²) in [4.78, 5) is 67.4. The van der Waals surface area contributed by atoms with Crippen LogP contribution in [0.2, 0.25) is 5.02 Å². The van der Waals surface area contributed by atoms with Crippen molar-refractivity contribution in [2.75, 3.05) is 32.7 Å². The van der Waals surface area contributed by atoms with E-state index in [2.05, 4.69) is 64.5 Å². The van der Waals surface area contributed by atoms with Crippen LogP contribution in [0.1, 0.15) is 120 Å². The molecule has 3 aromatic carbocycles. The zero-order chi connectivity index (χ0) is 51.9. The number of ether oxygens (including phenoxy) is 1. The summed E-state index contributed by atoms with van der Waals surface area (Å²) in [5.41, 5.74) is 5.56. The van der Waals surface area contributed by atoms with Gasteiger partial charge in [0.1, 0.15) is 30.0 Å². The summed E-state index contributed by atoms with van der Waals surface area (Å²) in [7, 11) is 0. The van der Waals surface area contributed by atoms with Gasteiger partial charge in [-0.1, -0.05) is 96.5 Å². The monoisotopic (exact) mass is 1020 g/mol. The molecule has 6 atom stereocenters. The molecule has 2 bridgehead atoms. The van der Waals surface area contributed by atoms with Gasteiger partial charge in [0.25, 0.3) is 5.91 Å². The Hall–Kier alpha value is -5.37. The molecule has 384 valence electrons. The van der Waals surface area contributed by atoms with E-state index in [0.29, 0.717) is 21.9 Å². The van der Waals surface area contributed by atoms with Gasteiger partial charge in [-0.25, -0.2) is 4.98 Å². The fraction of sp³-hybridized carbons (Fsp3) is 0.536. The van der Waals surface area contributed by atoms with Gasteiger partial charge in [0.05, 0.1) is 45.4 Å². The van der Waals surface area contributed by atoms with Crippen LogP contribution in [-0.4, -0.2) is 124 Å². The number of piperazine rings is 1. The molecule has 8 rings (SSSR count). The minimum Gasteiger partial charge on any atom is -0.489 e. The number of carbonyl (C=O) groups excluding carboxylic acids is 4. The van der Waals surface area contributed by atoms with Crippen LogP contribution in [0.3, 0.4) is 0 Å². The lowest BCUT2D eigenvalue weighted by Gasteiger charge is -2.63. The van der Waals surface area contributed by atoms with Gasteiger partial charge in [0.2, 0.25) is 17.7 Å². The van der Waals surface area contributed by atoms with Gasteiger partial charge in [0, 0.05) is 66.6 Å². The number of aliphatic hydroxyl groups is 1. The number of fused-ring (bicyclic) bond motifs is 2. The van der Waals surface area contributed by atoms with Gasteiger partial charge >= 0.3 is 0 Å². The van der Waals surface area contributed by atoms with Crippen molar-refractivity contribution in [2.24, 2.45) is 16.2 Å². The van der Waals surface area contributed by atoms with Gasteiger partial charge in [0.15, 0.2) is 0 Å². The van der Waals surface area contributed by atoms with Gasteiger partial charge in [-0.15, -0.1) is 11.3 Å². The van der Waals surface area contributed by atoms with Gasteiger partial charge in [-0.05, 0) is 92.4 Å². The van der Waals surface area contributed by atoms with Crippen molar-refractivity contribution in [2.45, 2.75) is 143 Å². The first-order valence-corrected chi connectivity index (χ1v) is 26.6. The number of halogens is 1. The molecule has 1 aromatic heterocycles. The molecule has 1 saturated carbocycles. The maximum atomic E-state index is 14.4. The van der Waals surface area contributed by atoms with E-state index in [9.17, 15) is 29.5 Å². The molecular weight excluding hydrogens is 948 g/mol. The molecule has 3 aliphatic heterocycles. The third-order valence-electron chi connectivity index (χ3n) is 15.7. The molecule has 0 radical (unpaired) electrons. The van der Waals surface area contributed by atoms with Crippen molar-refractivity contribution in [3.05, 3.63) is 105 Å². The number of likely N-dealkylation sites (tertiary alicyclic amines) is 2. The highest BCUT2D eigenvalue weighted by Crippen LogP contribution is 2.55. The molecular formula is C56H71ClN8O6S. The lowest BCUT2D eigenvalue weighted by Crippen LogP contribution is -2.74. The number of nitrogens with one attached hydrogen (secondary N) is 3. The lowest BCUT2D eigenvalue weighted by atomic mass is 9.49. The maximum Gasteiger partial charge on any atom is 0.251 e. The van der Waals surface area contributed by atoms with Crippen LogP contribution >= 0.6 is 22.9 Å². The van der Waals surface area contributed by atoms with Crippen molar-refractivity contribution in [1.29, 1.82) is 5.26 Å². The normalized spacial score (nSPS) is 24.4. The zero-order valence-corrected chi connectivity index (χ0v) is 44.7. The molecule has 4 amide bonds. The average Bonchev–Trinajstić information content (AvgIpc) is 4.01. The van der Waals surface area contributed by atoms with Crippen LogP contribution in [0.5, 0.6) is 5.75 Å². The second-order valence-electron chi connectivity index (χ2n) is 22.8. The first-order valence-electron chi connectivity index (χ1n) is 25.4. The predicted octanol–water partition coefficient (Wildman–Crippen LogP) is 7.71. The molecule has 4 fully saturated rings. The molecule has 3 saturated heterocycles. The number of carbonyl (C=O) groups is 4. The number of hydrogen-bond donors (Lipinski definition) is 4. The molecule has 16 heteroatoms. The summed E-state index contributed by atoms with van der Waals surface area (Å²) in [6, 6.07) is 21.3. The topological polar surface area (TPSA) is 180 Å². The Bertz CT molecular complexity index is 2650. The molecule has 4 aliphatic rings. The number of aromatic nitrogens is 1. The van der Waals surface area contributed by atoms with Crippen molar-refractivity contribution in [1.82, 2.24) is 35.6 Å². The molecule has 4 heterocycles. The highest BCUT2D eigenvalue weighted by atomic mass is 35.5. The fourth-order valence-corrected chi connectivity index (χ4v) is 13.1. The highest BCUT2D eigenvalue weighted by Gasteiger charge is 2.64. The third kappa shape index (κ3) is 11.2. The van der Waals surface area contributed by atoms with E-state index in [1.165, 1.54) is 10.5 Å². The number of nitriles is 1. The van der Waals surface area contributed by atoms with E-state index < -0.39 is 23.6 Å². The minimum absolute atomic E-state index is 0.0150. The summed E-state index contributed by atoms with van der Waals surface area (Å²) < 4.78 is 6.40. The average molecular weight is 1020 g/mol. The van der Waals surface area contributed by atoms with Crippen LogP contribution < -0.4 is 20.7 Å². The third-order valence-corrected chi connectivity index (χ3v) is 17.0. The number of nitrogens with zero attached hydrogens (tertiary/aromatic N) is 5. The number of amides is 4.